The Hall–Kier alpha value is -1.40. The van der Waals surface area contributed by atoms with Crippen molar-refractivity contribution in [3.63, 3.8) is 0 Å². The molecule has 3 rings (SSSR count). The molecule has 0 spiro atoms. The highest BCUT2D eigenvalue weighted by atomic mass is 16.6. The zero-order valence-electron chi connectivity index (χ0n) is 10.2. The number of nitrogens with one attached hydrogen (secondary N) is 1. The van der Waals surface area contributed by atoms with Crippen LogP contribution in [-0.4, -0.2) is 35.0 Å². The summed E-state index contributed by atoms with van der Waals surface area (Å²) in [5.41, 5.74) is 0. The topological polar surface area (TPSA) is 71.6 Å². The largest absolute Gasteiger partial charge is 0.433 e. The van der Waals surface area contributed by atoms with Crippen molar-refractivity contribution in [1.29, 1.82) is 0 Å². The van der Waals surface area contributed by atoms with Gasteiger partial charge >= 0.3 is 5.88 Å². The molecule has 0 radical (unpaired) electrons. The van der Waals surface area contributed by atoms with Crippen molar-refractivity contribution in [3.05, 3.63) is 28.0 Å². The van der Waals surface area contributed by atoms with Crippen LogP contribution in [0.1, 0.15) is 25.0 Å². The molecule has 6 heteroatoms. The van der Waals surface area contributed by atoms with Gasteiger partial charge in [0.2, 0.25) is 0 Å². The molecule has 0 aliphatic carbocycles. The van der Waals surface area contributed by atoms with E-state index in [0.717, 1.165) is 6.42 Å². The second kappa shape index (κ2) is 4.70. The molecule has 2 saturated heterocycles. The highest BCUT2D eigenvalue weighted by Crippen LogP contribution is 2.28. The summed E-state index contributed by atoms with van der Waals surface area (Å²) in [6, 6.07) is 4.23. The quantitative estimate of drug-likeness (QED) is 0.648. The van der Waals surface area contributed by atoms with E-state index in [0.29, 0.717) is 24.4 Å². The van der Waals surface area contributed by atoms with E-state index in [4.69, 9.17) is 4.42 Å². The van der Waals surface area contributed by atoms with E-state index in [1.54, 1.807) is 6.07 Å². The van der Waals surface area contributed by atoms with Crippen LogP contribution in [0.4, 0.5) is 5.88 Å². The third-order valence-corrected chi connectivity index (χ3v) is 3.97. The van der Waals surface area contributed by atoms with E-state index in [2.05, 4.69) is 10.2 Å². The summed E-state index contributed by atoms with van der Waals surface area (Å²) in [4.78, 5) is 12.5. The first kappa shape index (κ1) is 11.7. The molecule has 1 aromatic heterocycles. The second-order valence-corrected chi connectivity index (χ2v) is 5.02. The molecular weight excluding hydrogens is 234 g/mol. The summed E-state index contributed by atoms with van der Waals surface area (Å²) in [6.45, 7) is 2.96. The lowest BCUT2D eigenvalue weighted by Crippen LogP contribution is -2.38. The van der Waals surface area contributed by atoms with Crippen molar-refractivity contribution in [2.45, 2.75) is 37.9 Å². The summed E-state index contributed by atoms with van der Waals surface area (Å²) in [5, 5.41) is 14.0. The van der Waals surface area contributed by atoms with E-state index < -0.39 is 4.92 Å². The zero-order chi connectivity index (χ0) is 12.5. The van der Waals surface area contributed by atoms with Crippen LogP contribution in [0.2, 0.25) is 0 Å². The Balaban J connectivity index is 1.56. The predicted molar refractivity (Wildman–Crippen MR) is 65.2 cm³/mol. The average Bonchev–Trinajstić information content (AvgIpc) is 3.03. The van der Waals surface area contributed by atoms with Gasteiger partial charge in [-0.25, -0.2) is 0 Å². The molecule has 1 N–H and O–H groups in total. The van der Waals surface area contributed by atoms with Crippen LogP contribution in [0, 0.1) is 10.1 Å². The molecule has 2 aliphatic heterocycles. The van der Waals surface area contributed by atoms with Gasteiger partial charge in [0.05, 0.1) is 12.6 Å². The highest BCUT2D eigenvalue weighted by molar-refractivity contribution is 5.17. The fraction of sp³-hybridized carbons (Fsp3) is 0.667. The second-order valence-electron chi connectivity index (χ2n) is 5.02. The Labute approximate surface area is 105 Å². The van der Waals surface area contributed by atoms with Crippen LogP contribution in [0.3, 0.4) is 0 Å². The van der Waals surface area contributed by atoms with E-state index in [1.807, 2.05) is 0 Å². The minimum Gasteiger partial charge on any atom is -0.404 e. The molecule has 0 aromatic carbocycles. The minimum atomic E-state index is -0.502. The van der Waals surface area contributed by atoms with Crippen molar-refractivity contribution in [2.24, 2.45) is 0 Å². The molecule has 98 valence electrons. The van der Waals surface area contributed by atoms with Crippen LogP contribution in [0.25, 0.3) is 0 Å². The lowest BCUT2D eigenvalue weighted by atomic mass is 10.1. The van der Waals surface area contributed by atoms with E-state index in [9.17, 15) is 10.1 Å². The Bertz CT molecular complexity index is 446. The van der Waals surface area contributed by atoms with E-state index in [1.165, 1.54) is 32.0 Å². The molecular formula is C12H17N3O3. The van der Waals surface area contributed by atoms with Gasteiger partial charge in [0.25, 0.3) is 0 Å². The average molecular weight is 251 g/mol. The molecule has 0 saturated carbocycles. The summed E-state index contributed by atoms with van der Waals surface area (Å²) >= 11 is 0. The summed E-state index contributed by atoms with van der Waals surface area (Å²) in [5.74, 6) is 0.457. The summed E-state index contributed by atoms with van der Waals surface area (Å²) in [7, 11) is 0. The van der Waals surface area contributed by atoms with Gasteiger partial charge < -0.3 is 9.73 Å². The maximum absolute atomic E-state index is 10.5. The maximum atomic E-state index is 10.5. The lowest BCUT2D eigenvalue weighted by Gasteiger charge is -2.20. The van der Waals surface area contributed by atoms with Crippen molar-refractivity contribution in [2.75, 3.05) is 13.1 Å². The van der Waals surface area contributed by atoms with Gasteiger partial charge in [-0.15, -0.1) is 0 Å². The zero-order valence-corrected chi connectivity index (χ0v) is 10.2. The SMILES string of the molecule is O=[N+]([O-])c1ccc(CNC2CCN3CCCC23)o1. The predicted octanol–water partition coefficient (Wildman–Crippen LogP) is 1.51. The molecule has 0 amide bonds. The van der Waals surface area contributed by atoms with E-state index >= 15 is 0 Å². The molecule has 2 fully saturated rings. The first-order chi connectivity index (χ1) is 8.74. The fourth-order valence-corrected chi connectivity index (χ4v) is 3.11. The van der Waals surface area contributed by atoms with Crippen LogP contribution < -0.4 is 5.32 Å². The number of rotatable bonds is 4. The molecule has 2 unspecified atom stereocenters. The molecule has 0 bridgehead atoms. The first-order valence-corrected chi connectivity index (χ1v) is 6.44. The van der Waals surface area contributed by atoms with Crippen molar-refractivity contribution in [3.8, 4) is 0 Å². The highest BCUT2D eigenvalue weighted by Gasteiger charge is 2.36. The molecule has 2 atom stereocenters. The van der Waals surface area contributed by atoms with Gasteiger partial charge in [0.15, 0.2) is 0 Å². The number of nitrogens with zero attached hydrogens (tertiary/aromatic N) is 2. The van der Waals surface area contributed by atoms with Crippen LogP contribution in [0.15, 0.2) is 16.5 Å². The van der Waals surface area contributed by atoms with Crippen molar-refractivity contribution in [1.82, 2.24) is 10.2 Å². The number of nitro groups is 1. The minimum absolute atomic E-state index is 0.180. The Kier molecular flexibility index (Phi) is 3.05. The molecule has 1 aromatic rings. The molecule has 3 heterocycles. The summed E-state index contributed by atoms with van der Waals surface area (Å²) in [6.07, 6.45) is 3.71. The molecule has 18 heavy (non-hydrogen) atoms. The van der Waals surface area contributed by atoms with Gasteiger partial charge in [-0.1, -0.05) is 0 Å². The van der Waals surface area contributed by atoms with Crippen molar-refractivity contribution >= 4 is 5.88 Å². The third kappa shape index (κ3) is 2.13. The van der Waals surface area contributed by atoms with Crippen LogP contribution in [0.5, 0.6) is 0 Å². The van der Waals surface area contributed by atoms with Gasteiger partial charge in [-0.2, -0.15) is 0 Å². The number of hydrogen-bond donors (Lipinski definition) is 1. The maximum Gasteiger partial charge on any atom is 0.433 e. The summed E-state index contributed by atoms with van der Waals surface area (Å²) < 4.78 is 5.14. The molecule has 6 nitrogen and oxygen atoms in total. The first-order valence-electron chi connectivity index (χ1n) is 6.44. The number of furan rings is 1. The smallest absolute Gasteiger partial charge is 0.404 e. The van der Waals surface area contributed by atoms with E-state index in [-0.39, 0.29) is 5.88 Å². The third-order valence-electron chi connectivity index (χ3n) is 3.97. The Morgan fingerprint density at radius 3 is 3.11 bits per heavy atom. The normalized spacial score (nSPS) is 27.6. The van der Waals surface area contributed by atoms with Crippen molar-refractivity contribution < 1.29 is 9.34 Å². The fourth-order valence-electron chi connectivity index (χ4n) is 3.11. The molecule has 2 aliphatic rings. The van der Waals surface area contributed by atoms with Gasteiger partial charge in [0.1, 0.15) is 10.7 Å². The van der Waals surface area contributed by atoms with Gasteiger partial charge in [-0.3, -0.25) is 15.0 Å². The number of fused-ring (bicyclic) bond motifs is 1. The lowest BCUT2D eigenvalue weighted by molar-refractivity contribution is -0.402. The van der Waals surface area contributed by atoms with Crippen LogP contribution >= 0.6 is 0 Å². The van der Waals surface area contributed by atoms with Gasteiger partial charge in [0, 0.05) is 18.6 Å². The standard InChI is InChI=1S/C12H17N3O3/c16-15(17)12-4-3-9(18-12)8-13-10-5-7-14-6-1-2-11(10)14/h3-4,10-11,13H,1-2,5-8H2. The Morgan fingerprint density at radius 1 is 1.44 bits per heavy atom. The van der Waals surface area contributed by atoms with Gasteiger partial charge in [-0.05, 0) is 31.9 Å². The monoisotopic (exact) mass is 251 g/mol. The van der Waals surface area contributed by atoms with Crippen LogP contribution in [-0.2, 0) is 6.54 Å². The Morgan fingerprint density at radius 2 is 2.33 bits per heavy atom. The number of hydrogen-bond acceptors (Lipinski definition) is 5.